The van der Waals surface area contributed by atoms with Gasteiger partial charge in [0.15, 0.2) is 5.69 Å². The zero-order valence-electron chi connectivity index (χ0n) is 20.8. The lowest BCUT2D eigenvalue weighted by molar-refractivity contribution is -0.141. The molecule has 2 N–H and O–H groups in total. The van der Waals surface area contributed by atoms with E-state index in [1.54, 1.807) is 0 Å². The normalized spacial score (nSPS) is 17.5. The third kappa shape index (κ3) is 7.34. The van der Waals surface area contributed by atoms with Crippen LogP contribution in [0.25, 0.3) is 0 Å². The van der Waals surface area contributed by atoms with Crippen LogP contribution in [0.4, 0.5) is 17.6 Å². The van der Waals surface area contributed by atoms with Gasteiger partial charge in [-0.05, 0) is 24.5 Å². The third-order valence-corrected chi connectivity index (χ3v) is 6.37. The van der Waals surface area contributed by atoms with Crippen molar-refractivity contribution in [2.75, 3.05) is 0 Å². The zero-order chi connectivity index (χ0) is 28.0. The number of hydrogen-bond donors (Lipinski definition) is 2. The second-order valence-corrected chi connectivity index (χ2v) is 9.18. The number of carboxylic acids is 1. The molecule has 4 rings (SSSR count). The summed E-state index contributed by atoms with van der Waals surface area (Å²) in [7, 11) is 0. The molecule has 0 bridgehead atoms. The molecule has 1 aromatic heterocycles. The number of nitrogens with zero attached hydrogens (tertiary/aromatic N) is 2. The second-order valence-electron chi connectivity index (χ2n) is 9.18. The van der Waals surface area contributed by atoms with Gasteiger partial charge in [-0.2, -0.15) is 18.3 Å². The van der Waals surface area contributed by atoms with Crippen LogP contribution in [-0.4, -0.2) is 38.9 Å². The number of nitrogens with one attached hydrogen (secondary N) is 1. The molecular formula is C27H27F4N3O5. The number of aromatic nitrogens is 2. The molecule has 39 heavy (non-hydrogen) atoms. The smallest absolute Gasteiger partial charge is 0.419 e. The number of aromatic carboxylic acids is 1. The van der Waals surface area contributed by atoms with Gasteiger partial charge in [0.05, 0.1) is 24.3 Å². The average Bonchev–Trinajstić information content (AvgIpc) is 3.29. The monoisotopic (exact) mass is 549 g/mol. The molecule has 1 heterocycles. The molecule has 12 heteroatoms. The maximum absolute atomic E-state index is 13.9. The molecule has 8 nitrogen and oxygen atoms in total. The van der Waals surface area contributed by atoms with E-state index in [9.17, 15) is 32.3 Å². The number of amides is 1. The molecule has 1 fully saturated rings. The quantitative estimate of drug-likeness (QED) is 0.347. The lowest BCUT2D eigenvalue weighted by atomic mass is 9.92. The molecule has 2 aromatic carbocycles. The lowest BCUT2D eigenvalue weighted by Crippen LogP contribution is -2.47. The molecule has 1 saturated carbocycles. The summed E-state index contributed by atoms with van der Waals surface area (Å²) < 4.78 is 66.4. The number of hydrogen-bond acceptors (Lipinski definition) is 5. The minimum atomic E-state index is -4.96. The molecule has 1 aliphatic rings. The number of ether oxygens (including phenoxy) is 2. The highest BCUT2D eigenvalue weighted by Gasteiger charge is 2.37. The van der Waals surface area contributed by atoms with Crippen LogP contribution in [0.15, 0.2) is 54.6 Å². The fourth-order valence-corrected chi connectivity index (χ4v) is 4.52. The molecule has 3 aromatic rings. The first-order valence-electron chi connectivity index (χ1n) is 12.3. The van der Waals surface area contributed by atoms with Gasteiger partial charge in [0.25, 0.3) is 0 Å². The van der Waals surface area contributed by atoms with Crippen molar-refractivity contribution in [2.45, 2.75) is 63.8 Å². The first kappa shape index (κ1) is 28.1. The van der Waals surface area contributed by atoms with Gasteiger partial charge in [-0.15, -0.1) is 0 Å². The number of halogens is 4. The summed E-state index contributed by atoms with van der Waals surface area (Å²) >= 11 is 0. The van der Waals surface area contributed by atoms with Crippen LogP contribution in [-0.2, 0) is 35.5 Å². The van der Waals surface area contributed by atoms with Crippen molar-refractivity contribution in [3.8, 4) is 5.88 Å². The van der Waals surface area contributed by atoms with Crippen molar-refractivity contribution in [3.05, 3.63) is 82.8 Å². The molecule has 1 aliphatic carbocycles. The molecule has 1 amide bonds. The van der Waals surface area contributed by atoms with Crippen molar-refractivity contribution < 1.29 is 41.7 Å². The highest BCUT2D eigenvalue weighted by atomic mass is 19.4. The number of carboxylic acid groups (broad SMARTS) is 1. The predicted octanol–water partition coefficient (Wildman–Crippen LogP) is 4.96. The van der Waals surface area contributed by atoms with Crippen molar-refractivity contribution in [3.63, 3.8) is 0 Å². The van der Waals surface area contributed by atoms with E-state index < -0.39 is 53.8 Å². The molecule has 0 radical (unpaired) electrons. The Labute approximate surface area is 221 Å². The van der Waals surface area contributed by atoms with Crippen molar-refractivity contribution >= 4 is 11.9 Å². The van der Waals surface area contributed by atoms with Crippen LogP contribution in [0.2, 0.25) is 0 Å². The Kier molecular flexibility index (Phi) is 8.85. The molecule has 0 aliphatic heterocycles. The van der Waals surface area contributed by atoms with Crippen LogP contribution in [0, 0.1) is 5.82 Å². The minimum Gasteiger partial charge on any atom is -0.476 e. The fourth-order valence-electron chi connectivity index (χ4n) is 4.52. The van der Waals surface area contributed by atoms with Gasteiger partial charge in [0, 0.05) is 11.6 Å². The largest absolute Gasteiger partial charge is 0.476 e. The molecule has 0 unspecified atom stereocenters. The summed E-state index contributed by atoms with van der Waals surface area (Å²) in [5.74, 6) is -3.62. The van der Waals surface area contributed by atoms with E-state index in [1.807, 2.05) is 30.3 Å². The van der Waals surface area contributed by atoms with E-state index in [-0.39, 0.29) is 18.0 Å². The average molecular weight is 550 g/mol. The zero-order valence-corrected chi connectivity index (χ0v) is 20.8. The van der Waals surface area contributed by atoms with Gasteiger partial charge in [0.2, 0.25) is 11.8 Å². The standard InChI is InChI=1S/C27H27F4N3O5/c28-19-10-6-9-18(25(19)27(29,30)31)16-39-24-13-21(26(36)37)33-34(24)14-23(35)32-20-11-4-5-12-22(20)38-15-17-7-2-1-3-8-17/h1-3,6-10,13,20,22H,4-5,11-12,14-16H2,(H,32,35)(H,36,37)/t20-,22-/m0/s1. The first-order valence-corrected chi connectivity index (χ1v) is 12.3. The number of alkyl halides is 3. The van der Waals surface area contributed by atoms with Crippen LogP contribution in [0.3, 0.4) is 0 Å². The van der Waals surface area contributed by atoms with Gasteiger partial charge in [-0.25, -0.2) is 13.9 Å². The topological polar surface area (TPSA) is 103 Å². The third-order valence-electron chi connectivity index (χ3n) is 6.37. The van der Waals surface area contributed by atoms with Crippen molar-refractivity contribution in [2.24, 2.45) is 0 Å². The Bertz CT molecular complexity index is 1300. The van der Waals surface area contributed by atoms with E-state index in [0.717, 1.165) is 47.7 Å². The summed E-state index contributed by atoms with van der Waals surface area (Å²) in [5.41, 5.74) is -1.43. The van der Waals surface area contributed by atoms with Crippen LogP contribution >= 0.6 is 0 Å². The van der Waals surface area contributed by atoms with Gasteiger partial charge >= 0.3 is 12.1 Å². The number of rotatable bonds is 10. The first-order chi connectivity index (χ1) is 18.6. The summed E-state index contributed by atoms with van der Waals surface area (Å²) in [5, 5.41) is 16.1. The van der Waals surface area contributed by atoms with Gasteiger partial charge in [-0.3, -0.25) is 4.79 Å². The molecule has 208 valence electrons. The van der Waals surface area contributed by atoms with Gasteiger partial charge in [0.1, 0.15) is 19.0 Å². The Hall–Kier alpha value is -3.93. The predicted molar refractivity (Wildman–Crippen MR) is 130 cm³/mol. The SMILES string of the molecule is O=C(Cn1nc(C(=O)O)cc1OCc1cccc(F)c1C(F)(F)F)N[C@H]1CCCC[C@@H]1OCc1ccccc1. The van der Waals surface area contributed by atoms with Crippen molar-refractivity contribution in [1.29, 1.82) is 0 Å². The van der Waals surface area contributed by atoms with Crippen LogP contribution in [0.5, 0.6) is 5.88 Å². The Morgan fingerprint density at radius 3 is 2.51 bits per heavy atom. The highest BCUT2D eigenvalue weighted by molar-refractivity contribution is 5.85. The molecular weight excluding hydrogens is 522 g/mol. The Morgan fingerprint density at radius 1 is 1.05 bits per heavy atom. The summed E-state index contributed by atoms with van der Waals surface area (Å²) in [6, 6.07) is 13.2. The summed E-state index contributed by atoms with van der Waals surface area (Å²) in [4.78, 5) is 24.4. The van der Waals surface area contributed by atoms with Crippen LogP contribution in [0.1, 0.15) is 52.9 Å². The number of carbonyl (C=O) groups is 2. The second kappa shape index (κ2) is 12.3. The van der Waals surface area contributed by atoms with E-state index in [0.29, 0.717) is 19.1 Å². The summed E-state index contributed by atoms with van der Waals surface area (Å²) in [6.07, 6.45) is -1.90. The van der Waals surface area contributed by atoms with E-state index >= 15 is 0 Å². The lowest BCUT2D eigenvalue weighted by Gasteiger charge is -2.32. The van der Waals surface area contributed by atoms with E-state index in [2.05, 4.69) is 10.4 Å². The van der Waals surface area contributed by atoms with Crippen LogP contribution < -0.4 is 10.1 Å². The maximum Gasteiger partial charge on any atom is 0.419 e. The molecule has 2 atom stereocenters. The Morgan fingerprint density at radius 2 is 1.79 bits per heavy atom. The minimum absolute atomic E-state index is 0.223. The maximum atomic E-state index is 13.9. The molecule has 0 spiro atoms. The summed E-state index contributed by atoms with van der Waals surface area (Å²) in [6.45, 7) is -0.784. The number of carbonyl (C=O) groups excluding carboxylic acids is 1. The Balaban J connectivity index is 1.44. The fraction of sp³-hybridized carbons (Fsp3) is 0.370. The van der Waals surface area contributed by atoms with E-state index in [4.69, 9.17) is 9.47 Å². The van der Waals surface area contributed by atoms with Gasteiger partial charge in [-0.1, -0.05) is 55.3 Å². The van der Waals surface area contributed by atoms with E-state index in [1.165, 1.54) is 0 Å². The van der Waals surface area contributed by atoms with Gasteiger partial charge < -0.3 is 19.9 Å². The number of benzene rings is 2. The highest BCUT2D eigenvalue weighted by Crippen LogP contribution is 2.34. The molecule has 0 saturated heterocycles. The van der Waals surface area contributed by atoms with Crippen molar-refractivity contribution in [1.82, 2.24) is 15.1 Å².